The van der Waals surface area contributed by atoms with Crippen LogP contribution in [-0.2, 0) is 31.5 Å². The van der Waals surface area contributed by atoms with Gasteiger partial charge in [-0.1, -0.05) is 31.2 Å². The summed E-state index contributed by atoms with van der Waals surface area (Å²) < 4.78 is 29.4. The van der Waals surface area contributed by atoms with Crippen molar-refractivity contribution in [1.82, 2.24) is 4.90 Å². The minimum atomic E-state index is -3.41. The van der Waals surface area contributed by atoms with Gasteiger partial charge < -0.3 is 9.84 Å². The molecule has 1 unspecified atom stereocenters. The summed E-state index contributed by atoms with van der Waals surface area (Å²) in [6.45, 7) is 6.65. The highest BCUT2D eigenvalue weighted by molar-refractivity contribution is 7.91. The number of hydrogen-bond acceptors (Lipinski definition) is 5. The minimum absolute atomic E-state index is 0.0591. The van der Waals surface area contributed by atoms with Gasteiger partial charge >= 0.3 is 12.1 Å². The highest BCUT2D eigenvalue weighted by atomic mass is 32.2. The smallest absolute Gasteiger partial charge is 0.411 e. The molecule has 1 atom stereocenters. The summed E-state index contributed by atoms with van der Waals surface area (Å²) >= 11 is 0. The van der Waals surface area contributed by atoms with Crippen molar-refractivity contribution in [3.63, 3.8) is 0 Å². The lowest BCUT2D eigenvalue weighted by Crippen LogP contribution is -2.52. The Morgan fingerprint density at radius 1 is 1.27 bits per heavy atom. The predicted octanol–water partition coefficient (Wildman–Crippen LogP) is 2.54. The maximum Gasteiger partial charge on any atom is 0.411 e. The molecule has 0 aliphatic carbocycles. The van der Waals surface area contributed by atoms with E-state index in [0.717, 1.165) is 4.90 Å². The van der Waals surface area contributed by atoms with Crippen LogP contribution < -0.4 is 0 Å². The molecule has 2 rings (SSSR count). The second-order valence-electron chi connectivity index (χ2n) is 7.38. The normalized spacial score (nSPS) is 19.9. The van der Waals surface area contributed by atoms with Crippen molar-refractivity contribution in [2.45, 2.75) is 51.8 Å². The lowest BCUT2D eigenvalue weighted by molar-refractivity contribution is -0.151. The second kappa shape index (κ2) is 6.90. The Labute approximate surface area is 153 Å². The van der Waals surface area contributed by atoms with E-state index in [0.29, 0.717) is 11.1 Å². The van der Waals surface area contributed by atoms with Gasteiger partial charge in [0.05, 0.1) is 12.3 Å². The van der Waals surface area contributed by atoms with Crippen molar-refractivity contribution in [1.29, 1.82) is 0 Å². The second-order valence-corrected chi connectivity index (χ2v) is 9.85. The molecule has 1 aliphatic rings. The number of fused-ring (bicyclic) bond motifs is 1. The predicted molar refractivity (Wildman–Crippen MR) is 96.5 cm³/mol. The Balaban J connectivity index is 2.53. The van der Waals surface area contributed by atoms with E-state index in [2.05, 4.69) is 0 Å². The lowest BCUT2D eigenvalue weighted by atomic mass is 9.87. The molecule has 0 saturated heterocycles. The third kappa shape index (κ3) is 3.85. The number of ether oxygens (including phenoxy) is 1. The maximum absolute atomic E-state index is 12.7. The largest absolute Gasteiger partial charge is 0.479 e. The summed E-state index contributed by atoms with van der Waals surface area (Å²) in [6.07, 6.45) is -1.00. The van der Waals surface area contributed by atoms with Crippen molar-refractivity contribution in [3.8, 4) is 0 Å². The van der Waals surface area contributed by atoms with Crippen LogP contribution in [0.15, 0.2) is 24.3 Å². The summed E-state index contributed by atoms with van der Waals surface area (Å²) in [4.78, 5) is 26.2. The first-order valence-electron chi connectivity index (χ1n) is 8.46. The quantitative estimate of drug-likeness (QED) is 0.838. The molecule has 0 spiro atoms. The van der Waals surface area contributed by atoms with E-state index in [1.54, 1.807) is 45.0 Å². The van der Waals surface area contributed by atoms with E-state index in [9.17, 15) is 23.1 Å². The number of rotatable bonds is 5. The van der Waals surface area contributed by atoms with Crippen LogP contribution in [0.2, 0.25) is 0 Å². The van der Waals surface area contributed by atoms with E-state index in [4.69, 9.17) is 4.74 Å². The maximum atomic E-state index is 12.7. The average Bonchev–Trinajstić information content (AvgIpc) is 2.87. The Bertz CT molecular complexity index is 811. The first-order valence-corrected chi connectivity index (χ1v) is 10.3. The summed E-state index contributed by atoms with van der Waals surface area (Å²) in [5.41, 5.74) is -1.45. The van der Waals surface area contributed by atoms with Crippen LogP contribution in [0, 0.1) is 0 Å². The number of amides is 1. The fraction of sp³-hybridized carbons (Fsp3) is 0.556. The number of sulfone groups is 1. The van der Waals surface area contributed by atoms with E-state index in [1.807, 2.05) is 0 Å². The van der Waals surface area contributed by atoms with Gasteiger partial charge in [0.2, 0.25) is 0 Å². The van der Waals surface area contributed by atoms with Crippen LogP contribution in [0.5, 0.6) is 0 Å². The van der Waals surface area contributed by atoms with Crippen LogP contribution in [0.4, 0.5) is 4.79 Å². The van der Waals surface area contributed by atoms with Crippen molar-refractivity contribution < 1.29 is 27.9 Å². The number of carbonyl (C=O) groups excluding carboxylic acids is 1. The highest BCUT2D eigenvalue weighted by Gasteiger charge is 2.54. The Morgan fingerprint density at radius 2 is 1.88 bits per heavy atom. The SMILES string of the molecule is CCS(=O)(=O)CCC1(C(=O)O)c2ccccc2CN1C(=O)OC(C)(C)C. The van der Waals surface area contributed by atoms with Crippen molar-refractivity contribution >= 4 is 21.9 Å². The van der Waals surface area contributed by atoms with Gasteiger partial charge in [-0.2, -0.15) is 0 Å². The number of carboxylic acids is 1. The first-order chi connectivity index (χ1) is 11.9. The van der Waals surface area contributed by atoms with Gasteiger partial charge in [-0.25, -0.2) is 18.0 Å². The third-order valence-electron chi connectivity index (χ3n) is 4.43. The molecule has 0 radical (unpaired) electrons. The van der Waals surface area contributed by atoms with E-state index in [1.165, 1.54) is 6.92 Å². The number of nitrogens with zero attached hydrogens (tertiary/aromatic N) is 1. The van der Waals surface area contributed by atoms with E-state index in [-0.39, 0.29) is 24.5 Å². The number of aliphatic carboxylic acids is 1. The molecule has 1 aromatic rings. The van der Waals surface area contributed by atoms with Gasteiger partial charge in [0.15, 0.2) is 5.54 Å². The van der Waals surface area contributed by atoms with Gasteiger partial charge in [0, 0.05) is 5.75 Å². The van der Waals surface area contributed by atoms with Gasteiger partial charge in [-0.05, 0) is 38.3 Å². The molecule has 144 valence electrons. The van der Waals surface area contributed by atoms with E-state index < -0.39 is 33.0 Å². The molecule has 1 N–H and O–H groups in total. The number of benzene rings is 1. The van der Waals surface area contributed by atoms with Crippen molar-refractivity contribution in [3.05, 3.63) is 35.4 Å². The van der Waals surface area contributed by atoms with Gasteiger partial charge in [0.25, 0.3) is 0 Å². The molecule has 0 saturated carbocycles. The van der Waals surface area contributed by atoms with Crippen LogP contribution in [0.1, 0.15) is 45.2 Å². The first kappa shape index (κ1) is 20.2. The van der Waals surface area contributed by atoms with Crippen molar-refractivity contribution in [2.24, 2.45) is 0 Å². The molecule has 0 aromatic heterocycles. The standard InChI is InChI=1S/C18H25NO6S/c1-5-26(23,24)11-10-18(15(20)21)14-9-7-6-8-13(14)12-19(18)16(22)25-17(2,3)4/h6-9H,5,10-12H2,1-4H3,(H,20,21). The molecule has 1 heterocycles. The monoisotopic (exact) mass is 383 g/mol. The zero-order valence-corrected chi connectivity index (χ0v) is 16.3. The van der Waals surface area contributed by atoms with Crippen molar-refractivity contribution in [2.75, 3.05) is 11.5 Å². The molecular formula is C18H25NO6S. The summed E-state index contributed by atoms with van der Waals surface area (Å²) in [6, 6.07) is 6.81. The van der Waals surface area contributed by atoms with Crippen LogP contribution in [0.3, 0.4) is 0 Å². The highest BCUT2D eigenvalue weighted by Crippen LogP contribution is 2.43. The Hall–Kier alpha value is -2.09. The lowest BCUT2D eigenvalue weighted by Gasteiger charge is -2.36. The molecule has 7 nitrogen and oxygen atoms in total. The topological polar surface area (TPSA) is 101 Å². The molecule has 0 fully saturated rings. The molecule has 0 bridgehead atoms. The Kier molecular flexibility index (Phi) is 5.37. The Morgan fingerprint density at radius 3 is 2.42 bits per heavy atom. The van der Waals surface area contributed by atoms with Gasteiger partial charge in [-0.15, -0.1) is 0 Å². The molecule has 1 amide bonds. The summed E-state index contributed by atoms with van der Waals surface area (Å²) in [5.74, 6) is -1.68. The van der Waals surface area contributed by atoms with Crippen LogP contribution >= 0.6 is 0 Å². The molecule has 1 aromatic carbocycles. The summed E-state index contributed by atoms with van der Waals surface area (Å²) in [5, 5.41) is 10.1. The number of carboxylic acid groups (broad SMARTS) is 1. The average molecular weight is 383 g/mol. The van der Waals surface area contributed by atoms with Crippen LogP contribution in [-0.4, -0.2) is 47.6 Å². The number of carbonyl (C=O) groups is 2. The number of hydrogen-bond donors (Lipinski definition) is 1. The third-order valence-corrected chi connectivity index (χ3v) is 6.14. The van der Waals surface area contributed by atoms with Crippen LogP contribution in [0.25, 0.3) is 0 Å². The molecule has 26 heavy (non-hydrogen) atoms. The zero-order valence-electron chi connectivity index (χ0n) is 15.5. The minimum Gasteiger partial charge on any atom is -0.479 e. The summed E-state index contributed by atoms with van der Waals surface area (Å²) in [7, 11) is -3.41. The molecule has 1 aliphatic heterocycles. The zero-order chi connectivity index (χ0) is 19.8. The van der Waals surface area contributed by atoms with Gasteiger partial charge in [0.1, 0.15) is 15.4 Å². The molecule has 8 heteroatoms. The van der Waals surface area contributed by atoms with Gasteiger partial charge in [-0.3, -0.25) is 4.90 Å². The molecular weight excluding hydrogens is 358 g/mol. The van der Waals surface area contributed by atoms with E-state index >= 15 is 0 Å². The fourth-order valence-corrected chi connectivity index (χ4v) is 4.00. The fourth-order valence-electron chi connectivity index (χ4n) is 3.10.